The molecule has 2 saturated carbocycles. The summed E-state index contributed by atoms with van der Waals surface area (Å²) in [7, 11) is 0. The molecule has 2 fully saturated rings. The van der Waals surface area contributed by atoms with Gasteiger partial charge in [-0.3, -0.25) is 4.68 Å². The summed E-state index contributed by atoms with van der Waals surface area (Å²) < 4.78 is 2.04. The fraction of sp³-hybridized carbons (Fsp3) is 0.786. The summed E-state index contributed by atoms with van der Waals surface area (Å²) in [5.74, 6) is 2.96. The number of rotatable bonds is 5. The van der Waals surface area contributed by atoms with Gasteiger partial charge in [-0.1, -0.05) is 6.92 Å². The Morgan fingerprint density at radius 1 is 1.35 bits per heavy atom. The van der Waals surface area contributed by atoms with E-state index in [1.165, 1.54) is 24.8 Å². The number of nitrogens with zero attached hydrogens (tertiary/aromatic N) is 2. The topological polar surface area (TPSA) is 29.9 Å². The van der Waals surface area contributed by atoms with E-state index in [2.05, 4.69) is 36.7 Å². The first-order valence-corrected chi connectivity index (χ1v) is 7.07. The lowest BCUT2D eigenvalue weighted by Crippen LogP contribution is -2.27. The first-order valence-electron chi connectivity index (χ1n) is 7.07. The molecule has 2 aliphatic carbocycles. The van der Waals surface area contributed by atoms with Crippen LogP contribution in [0.25, 0.3) is 0 Å². The van der Waals surface area contributed by atoms with Gasteiger partial charge in [0, 0.05) is 24.3 Å². The number of nitrogens with one attached hydrogen (secondary N) is 1. The Bertz CT molecular complexity index is 375. The molecule has 1 aromatic rings. The molecule has 2 aliphatic rings. The minimum Gasteiger partial charge on any atom is -0.310 e. The Morgan fingerprint density at radius 2 is 2.12 bits per heavy atom. The van der Waals surface area contributed by atoms with Gasteiger partial charge >= 0.3 is 0 Å². The van der Waals surface area contributed by atoms with E-state index >= 15 is 0 Å². The second-order valence-electron chi connectivity index (χ2n) is 5.65. The van der Waals surface area contributed by atoms with Crippen LogP contribution in [0.5, 0.6) is 0 Å². The van der Waals surface area contributed by atoms with Crippen molar-refractivity contribution in [3.63, 3.8) is 0 Å². The van der Waals surface area contributed by atoms with E-state index in [0.717, 1.165) is 30.8 Å². The zero-order valence-corrected chi connectivity index (χ0v) is 10.9. The maximum atomic E-state index is 4.42. The second kappa shape index (κ2) is 4.45. The van der Waals surface area contributed by atoms with Crippen molar-refractivity contribution in [3.05, 3.63) is 18.0 Å². The Hall–Kier alpha value is -0.830. The van der Waals surface area contributed by atoms with Crippen molar-refractivity contribution in [2.24, 2.45) is 17.8 Å². The molecule has 3 unspecified atom stereocenters. The van der Waals surface area contributed by atoms with Crippen LogP contribution >= 0.6 is 0 Å². The molecule has 0 aliphatic heterocycles. The third kappa shape index (κ3) is 2.13. The minimum absolute atomic E-state index is 0.535. The lowest BCUT2D eigenvalue weighted by atomic mass is 9.90. The molecule has 3 nitrogen and oxygen atoms in total. The number of hydrogen-bond donors (Lipinski definition) is 1. The maximum absolute atomic E-state index is 4.42. The first kappa shape index (κ1) is 11.3. The van der Waals surface area contributed by atoms with E-state index in [1.807, 2.05) is 4.68 Å². The van der Waals surface area contributed by atoms with Crippen molar-refractivity contribution in [2.75, 3.05) is 6.54 Å². The molecule has 1 heterocycles. The normalized spacial score (nSPS) is 32.5. The highest BCUT2D eigenvalue weighted by Gasteiger charge is 2.48. The van der Waals surface area contributed by atoms with Gasteiger partial charge in [-0.25, -0.2) is 0 Å². The van der Waals surface area contributed by atoms with Gasteiger partial charge in [0.25, 0.3) is 0 Å². The summed E-state index contributed by atoms with van der Waals surface area (Å²) in [6, 6.07) is 0.535. The third-order valence-corrected chi connectivity index (χ3v) is 4.51. The molecular weight excluding hydrogens is 210 g/mol. The highest BCUT2D eigenvalue weighted by molar-refractivity contribution is 5.14. The van der Waals surface area contributed by atoms with Crippen molar-refractivity contribution < 1.29 is 0 Å². The van der Waals surface area contributed by atoms with Gasteiger partial charge in [0.2, 0.25) is 0 Å². The van der Waals surface area contributed by atoms with Gasteiger partial charge in [0.05, 0.1) is 6.20 Å². The van der Waals surface area contributed by atoms with Crippen LogP contribution in [0.1, 0.15) is 44.7 Å². The quantitative estimate of drug-likeness (QED) is 0.847. The summed E-state index contributed by atoms with van der Waals surface area (Å²) in [6.07, 6.45) is 8.64. The fourth-order valence-electron chi connectivity index (χ4n) is 3.52. The summed E-state index contributed by atoms with van der Waals surface area (Å²) >= 11 is 0. The molecular formula is C14H23N3. The van der Waals surface area contributed by atoms with E-state index < -0.39 is 0 Å². The van der Waals surface area contributed by atoms with E-state index in [9.17, 15) is 0 Å². The van der Waals surface area contributed by atoms with Crippen LogP contribution < -0.4 is 5.32 Å². The zero-order chi connectivity index (χ0) is 11.8. The Morgan fingerprint density at radius 3 is 2.71 bits per heavy atom. The standard InChI is InChI=1S/C14H23N3/c1-3-15-14(12-6-10-5-11(10)7-12)13-8-16-17(4-2)9-13/h8-12,14-15H,3-7H2,1-2H3. The molecule has 94 valence electrons. The monoisotopic (exact) mass is 233 g/mol. The van der Waals surface area contributed by atoms with Gasteiger partial charge in [0.15, 0.2) is 0 Å². The largest absolute Gasteiger partial charge is 0.310 e. The third-order valence-electron chi connectivity index (χ3n) is 4.51. The highest BCUT2D eigenvalue weighted by atomic mass is 15.3. The van der Waals surface area contributed by atoms with Crippen LogP contribution in [0.3, 0.4) is 0 Å². The van der Waals surface area contributed by atoms with Crippen LogP contribution in [0, 0.1) is 17.8 Å². The SMILES string of the molecule is CCNC(c1cnn(CC)c1)C1CC2CC2C1. The van der Waals surface area contributed by atoms with Gasteiger partial charge in [0.1, 0.15) is 0 Å². The van der Waals surface area contributed by atoms with Crippen LogP contribution in [0.2, 0.25) is 0 Å². The van der Waals surface area contributed by atoms with E-state index in [-0.39, 0.29) is 0 Å². The van der Waals surface area contributed by atoms with Crippen LogP contribution in [0.15, 0.2) is 12.4 Å². The molecule has 17 heavy (non-hydrogen) atoms. The lowest BCUT2D eigenvalue weighted by molar-refractivity contribution is 0.346. The van der Waals surface area contributed by atoms with Crippen LogP contribution in [0.4, 0.5) is 0 Å². The molecule has 0 amide bonds. The average molecular weight is 233 g/mol. The maximum Gasteiger partial charge on any atom is 0.0537 e. The van der Waals surface area contributed by atoms with Crippen molar-refractivity contribution in [2.45, 2.75) is 45.7 Å². The van der Waals surface area contributed by atoms with E-state index in [0.29, 0.717) is 6.04 Å². The molecule has 0 saturated heterocycles. The average Bonchev–Trinajstić information content (AvgIpc) is 2.82. The van der Waals surface area contributed by atoms with Crippen molar-refractivity contribution in [1.82, 2.24) is 15.1 Å². The Balaban J connectivity index is 1.74. The van der Waals surface area contributed by atoms with E-state index in [4.69, 9.17) is 0 Å². The molecule has 0 radical (unpaired) electrons. The number of aromatic nitrogens is 2. The molecule has 1 N–H and O–H groups in total. The van der Waals surface area contributed by atoms with Crippen LogP contribution in [-0.2, 0) is 6.54 Å². The predicted octanol–water partition coefficient (Wildman–Crippen LogP) is 2.60. The second-order valence-corrected chi connectivity index (χ2v) is 5.65. The Labute approximate surface area is 104 Å². The number of hydrogen-bond acceptors (Lipinski definition) is 2. The first-order chi connectivity index (χ1) is 8.31. The summed E-state index contributed by atoms with van der Waals surface area (Å²) in [5.41, 5.74) is 1.39. The lowest BCUT2D eigenvalue weighted by Gasteiger charge is -2.24. The van der Waals surface area contributed by atoms with Gasteiger partial charge in [-0.15, -0.1) is 0 Å². The summed E-state index contributed by atoms with van der Waals surface area (Å²) in [6.45, 7) is 6.36. The van der Waals surface area contributed by atoms with Gasteiger partial charge < -0.3 is 5.32 Å². The molecule has 0 bridgehead atoms. The molecule has 3 heteroatoms. The van der Waals surface area contributed by atoms with E-state index in [1.54, 1.807) is 0 Å². The van der Waals surface area contributed by atoms with Gasteiger partial charge in [-0.2, -0.15) is 5.10 Å². The summed E-state index contributed by atoms with van der Waals surface area (Å²) in [5, 5.41) is 8.08. The molecule has 0 aromatic carbocycles. The molecule has 3 atom stereocenters. The predicted molar refractivity (Wildman–Crippen MR) is 68.6 cm³/mol. The number of fused-ring (bicyclic) bond motifs is 1. The molecule has 1 aromatic heterocycles. The van der Waals surface area contributed by atoms with Crippen LogP contribution in [-0.4, -0.2) is 16.3 Å². The van der Waals surface area contributed by atoms with Gasteiger partial charge in [-0.05, 0) is 50.5 Å². The zero-order valence-electron chi connectivity index (χ0n) is 10.9. The number of aryl methyl sites for hydroxylation is 1. The highest BCUT2D eigenvalue weighted by Crippen LogP contribution is 2.57. The molecule has 3 rings (SSSR count). The molecule has 0 spiro atoms. The fourth-order valence-corrected chi connectivity index (χ4v) is 3.52. The van der Waals surface area contributed by atoms with Crippen molar-refractivity contribution >= 4 is 0 Å². The smallest absolute Gasteiger partial charge is 0.0537 e. The Kier molecular flexibility index (Phi) is 2.95. The summed E-state index contributed by atoms with van der Waals surface area (Å²) in [4.78, 5) is 0. The minimum atomic E-state index is 0.535. The van der Waals surface area contributed by atoms with Crippen molar-refractivity contribution in [1.29, 1.82) is 0 Å². The van der Waals surface area contributed by atoms with Crippen molar-refractivity contribution in [3.8, 4) is 0 Å².